The summed E-state index contributed by atoms with van der Waals surface area (Å²) >= 11 is 1.16. The van der Waals surface area contributed by atoms with Gasteiger partial charge in [-0.15, -0.1) is 11.8 Å². The summed E-state index contributed by atoms with van der Waals surface area (Å²) in [7, 11) is 0. The van der Waals surface area contributed by atoms with E-state index in [1.165, 1.54) is 0 Å². The molecule has 0 nitrogen and oxygen atoms in total. The van der Waals surface area contributed by atoms with Gasteiger partial charge in [-0.1, -0.05) is 18.1 Å². The van der Waals surface area contributed by atoms with Gasteiger partial charge in [-0.3, -0.25) is 0 Å². The fourth-order valence-electron chi connectivity index (χ4n) is 0.341. The van der Waals surface area contributed by atoms with Crippen LogP contribution in [0.3, 0.4) is 0 Å². The standard InChI is InChI=1S/C7H8S/c1-8-7-5-3-2-4-6-7/h2-6H,1H3/i2D,3D,4D,5D,6D. The molecule has 0 aliphatic heterocycles. The van der Waals surface area contributed by atoms with E-state index < -0.39 is 0 Å². The minimum atomic E-state index is -0.340. The van der Waals surface area contributed by atoms with Crippen LogP contribution < -0.4 is 0 Å². The molecule has 8 heavy (non-hydrogen) atoms. The molecule has 0 aliphatic rings. The average molecular weight is 129 g/mol. The quantitative estimate of drug-likeness (QED) is 0.525. The third-order valence-electron chi connectivity index (χ3n) is 0.681. The van der Waals surface area contributed by atoms with Crippen molar-refractivity contribution in [3.8, 4) is 0 Å². The Morgan fingerprint density at radius 3 is 2.50 bits per heavy atom. The first-order valence-electron chi connectivity index (χ1n) is 4.61. The molecule has 0 saturated heterocycles. The first kappa shape index (κ1) is 2.07. The van der Waals surface area contributed by atoms with Crippen LogP contribution in [0.15, 0.2) is 35.1 Å². The molecule has 0 unspecified atom stereocenters. The van der Waals surface area contributed by atoms with Gasteiger partial charge < -0.3 is 0 Å². The highest BCUT2D eigenvalue weighted by Crippen LogP contribution is 2.11. The molecule has 0 atom stereocenters. The van der Waals surface area contributed by atoms with E-state index in [9.17, 15) is 0 Å². The average Bonchev–Trinajstić information content (AvgIpc) is 2.13. The Labute approximate surface area is 60.9 Å². The second kappa shape index (κ2) is 2.78. The lowest BCUT2D eigenvalue weighted by molar-refractivity contribution is 1.47. The summed E-state index contributed by atoms with van der Waals surface area (Å²) in [4.78, 5) is 0.297. The van der Waals surface area contributed by atoms with Crippen molar-refractivity contribution < 1.29 is 6.85 Å². The van der Waals surface area contributed by atoms with Crippen LogP contribution in [0, 0.1) is 0 Å². The van der Waals surface area contributed by atoms with Gasteiger partial charge in [0.15, 0.2) is 0 Å². The lowest BCUT2D eigenvalue weighted by atomic mass is 10.4. The van der Waals surface area contributed by atoms with Crippen LogP contribution >= 0.6 is 11.8 Å². The third kappa shape index (κ3) is 1.27. The summed E-state index contributed by atoms with van der Waals surface area (Å²) in [6.45, 7) is 0. The Kier molecular flexibility index (Phi) is 0.717. The zero-order chi connectivity index (χ0) is 10.2. The van der Waals surface area contributed by atoms with Gasteiger partial charge >= 0.3 is 0 Å². The molecule has 0 amide bonds. The number of hydrogen-bond acceptors (Lipinski definition) is 1. The second-order valence-corrected chi connectivity index (χ2v) is 1.97. The third-order valence-corrected chi connectivity index (χ3v) is 1.29. The molecule has 1 heteroatoms. The Balaban J connectivity index is 3.56. The summed E-state index contributed by atoms with van der Waals surface area (Å²) in [6.07, 6.45) is 1.69. The summed E-state index contributed by atoms with van der Waals surface area (Å²) < 4.78 is 36.8. The van der Waals surface area contributed by atoms with Crippen LogP contribution in [0.5, 0.6) is 0 Å². The SMILES string of the molecule is [2H]c1c([2H])c([2H])c(SC)c([2H])c1[2H]. The van der Waals surface area contributed by atoms with Gasteiger partial charge in [0.1, 0.15) is 0 Å². The number of thioether (sulfide) groups is 1. The molecule has 0 fully saturated rings. The maximum atomic E-state index is 7.44. The zero-order valence-electron chi connectivity index (χ0n) is 9.41. The number of benzene rings is 1. The summed E-state index contributed by atoms with van der Waals surface area (Å²) in [5, 5.41) is 0. The molecule has 0 N–H and O–H groups in total. The first-order chi connectivity index (χ1) is 6.00. The van der Waals surface area contributed by atoms with E-state index in [1.54, 1.807) is 6.26 Å². The smallest absolute Gasteiger partial charge is 0.0635 e. The van der Waals surface area contributed by atoms with Crippen molar-refractivity contribution in [3.05, 3.63) is 30.2 Å². The molecule has 1 aromatic rings. The van der Waals surface area contributed by atoms with E-state index in [-0.39, 0.29) is 30.2 Å². The summed E-state index contributed by atoms with van der Waals surface area (Å²) in [5.41, 5.74) is 0. The molecular weight excluding hydrogens is 116 g/mol. The molecule has 0 bridgehead atoms. The number of hydrogen-bond donors (Lipinski definition) is 0. The molecule has 0 saturated carbocycles. The summed E-state index contributed by atoms with van der Waals surface area (Å²) in [6, 6.07) is -1.14. The van der Waals surface area contributed by atoms with Crippen molar-refractivity contribution >= 4 is 11.8 Å². The van der Waals surface area contributed by atoms with Crippen molar-refractivity contribution in [2.75, 3.05) is 6.26 Å². The molecular formula is C7H8S. The van der Waals surface area contributed by atoms with Gasteiger partial charge in [-0.25, -0.2) is 0 Å². The van der Waals surface area contributed by atoms with Gasteiger partial charge in [0.25, 0.3) is 0 Å². The fourth-order valence-corrected chi connectivity index (χ4v) is 0.647. The van der Waals surface area contributed by atoms with Crippen molar-refractivity contribution in [2.45, 2.75) is 4.90 Å². The lowest BCUT2D eigenvalue weighted by Gasteiger charge is -1.89. The van der Waals surface area contributed by atoms with Gasteiger partial charge in [0, 0.05) is 4.90 Å². The predicted molar refractivity (Wildman–Crippen MR) is 38.2 cm³/mol. The molecule has 0 aliphatic carbocycles. The van der Waals surface area contributed by atoms with E-state index in [0.29, 0.717) is 4.90 Å². The minimum absolute atomic E-state index is 0.126. The Hall–Kier alpha value is -0.430. The molecule has 1 rings (SSSR count). The molecule has 0 radical (unpaired) electrons. The molecule has 0 spiro atoms. The Morgan fingerprint density at radius 1 is 1.38 bits per heavy atom. The number of rotatable bonds is 1. The normalized spacial score (nSPS) is 17.9. The van der Waals surface area contributed by atoms with E-state index in [2.05, 4.69) is 0 Å². The van der Waals surface area contributed by atoms with Crippen molar-refractivity contribution in [1.29, 1.82) is 0 Å². The van der Waals surface area contributed by atoms with Crippen molar-refractivity contribution in [3.63, 3.8) is 0 Å². The molecule has 0 heterocycles. The zero-order valence-corrected chi connectivity index (χ0v) is 5.22. The highest BCUT2D eigenvalue weighted by molar-refractivity contribution is 7.98. The highest BCUT2D eigenvalue weighted by Gasteiger charge is 1.80. The van der Waals surface area contributed by atoms with Crippen LogP contribution in [-0.4, -0.2) is 6.26 Å². The predicted octanol–water partition coefficient (Wildman–Crippen LogP) is 2.41. The van der Waals surface area contributed by atoms with Crippen LogP contribution in [-0.2, 0) is 0 Å². The van der Waals surface area contributed by atoms with Gasteiger partial charge in [0.2, 0.25) is 0 Å². The van der Waals surface area contributed by atoms with Gasteiger partial charge in [-0.05, 0) is 18.3 Å². The lowest BCUT2D eigenvalue weighted by Crippen LogP contribution is -1.62. The minimum Gasteiger partial charge on any atom is -0.130 e. The Bertz CT molecular complexity index is 320. The van der Waals surface area contributed by atoms with E-state index in [1.807, 2.05) is 0 Å². The van der Waals surface area contributed by atoms with Crippen LogP contribution in [0.25, 0.3) is 0 Å². The van der Waals surface area contributed by atoms with Crippen LogP contribution in [0.4, 0.5) is 0 Å². The van der Waals surface area contributed by atoms with E-state index in [0.717, 1.165) is 11.8 Å². The van der Waals surface area contributed by atoms with Gasteiger partial charge in [-0.2, -0.15) is 0 Å². The largest absolute Gasteiger partial charge is 0.130 e. The van der Waals surface area contributed by atoms with Crippen molar-refractivity contribution in [1.82, 2.24) is 0 Å². The monoisotopic (exact) mass is 129 g/mol. The van der Waals surface area contributed by atoms with E-state index in [4.69, 9.17) is 6.85 Å². The molecule has 0 aromatic heterocycles. The van der Waals surface area contributed by atoms with E-state index >= 15 is 0 Å². The molecule has 42 valence electrons. The van der Waals surface area contributed by atoms with Crippen LogP contribution in [0.1, 0.15) is 6.85 Å². The van der Waals surface area contributed by atoms with Gasteiger partial charge in [0.05, 0.1) is 6.85 Å². The fraction of sp³-hybridized carbons (Fsp3) is 0.143. The second-order valence-electron chi connectivity index (χ2n) is 1.16. The highest BCUT2D eigenvalue weighted by atomic mass is 32.2. The maximum absolute atomic E-state index is 7.44. The topological polar surface area (TPSA) is 0 Å². The van der Waals surface area contributed by atoms with Crippen LogP contribution in [0.2, 0.25) is 0 Å². The summed E-state index contributed by atoms with van der Waals surface area (Å²) in [5.74, 6) is 0. The Morgan fingerprint density at radius 2 is 2.00 bits per heavy atom. The maximum Gasteiger partial charge on any atom is 0.0635 e. The van der Waals surface area contributed by atoms with Crippen molar-refractivity contribution in [2.24, 2.45) is 0 Å². The molecule has 1 aromatic carbocycles. The first-order valence-corrected chi connectivity index (χ1v) is 3.34.